The summed E-state index contributed by atoms with van der Waals surface area (Å²) in [6, 6.07) is 5.53. The van der Waals surface area contributed by atoms with Gasteiger partial charge in [0.1, 0.15) is 11.6 Å². The molecule has 0 amide bonds. The molecule has 112 valence electrons. The lowest BCUT2D eigenvalue weighted by atomic mass is 10.1. The molecule has 0 spiro atoms. The molecular formula is C16H17N5O. The van der Waals surface area contributed by atoms with E-state index in [4.69, 9.17) is 0 Å². The highest BCUT2D eigenvalue weighted by Gasteiger charge is 2.17. The van der Waals surface area contributed by atoms with Gasteiger partial charge in [-0.15, -0.1) is 0 Å². The molecule has 0 unspecified atom stereocenters. The summed E-state index contributed by atoms with van der Waals surface area (Å²) in [6.45, 7) is 1.75. The van der Waals surface area contributed by atoms with Crippen molar-refractivity contribution < 1.29 is 0 Å². The average Bonchev–Trinajstić information content (AvgIpc) is 2.84. The van der Waals surface area contributed by atoms with Crippen LogP contribution in [0, 0.1) is 11.3 Å². The first-order valence-electron chi connectivity index (χ1n) is 7.49. The molecule has 0 bridgehead atoms. The van der Waals surface area contributed by atoms with Gasteiger partial charge in [0, 0.05) is 31.0 Å². The zero-order chi connectivity index (χ0) is 15.4. The van der Waals surface area contributed by atoms with Crippen LogP contribution in [0.25, 0.3) is 11.3 Å². The number of pyridine rings is 1. The molecule has 6 heteroatoms. The van der Waals surface area contributed by atoms with Crippen molar-refractivity contribution in [1.82, 2.24) is 15.0 Å². The highest BCUT2D eigenvalue weighted by Crippen LogP contribution is 2.21. The Balaban J connectivity index is 2.09. The van der Waals surface area contributed by atoms with Crippen molar-refractivity contribution in [3.63, 3.8) is 0 Å². The number of hydrogen-bond acceptors (Lipinski definition) is 5. The molecule has 3 heterocycles. The van der Waals surface area contributed by atoms with E-state index in [0.717, 1.165) is 25.9 Å². The van der Waals surface area contributed by atoms with Gasteiger partial charge in [-0.3, -0.25) is 14.8 Å². The maximum atomic E-state index is 12.2. The van der Waals surface area contributed by atoms with Crippen molar-refractivity contribution >= 4 is 5.95 Å². The minimum atomic E-state index is -0.393. The smallest absolute Gasteiger partial charge is 0.270 e. The highest BCUT2D eigenvalue weighted by atomic mass is 16.1. The zero-order valence-electron chi connectivity index (χ0n) is 12.2. The van der Waals surface area contributed by atoms with Gasteiger partial charge >= 0.3 is 0 Å². The van der Waals surface area contributed by atoms with E-state index in [9.17, 15) is 10.1 Å². The third kappa shape index (κ3) is 2.84. The second-order valence-corrected chi connectivity index (χ2v) is 5.37. The lowest BCUT2D eigenvalue weighted by Gasteiger charge is -2.21. The van der Waals surface area contributed by atoms with Crippen molar-refractivity contribution in [2.24, 2.45) is 0 Å². The van der Waals surface area contributed by atoms with Gasteiger partial charge in [0.05, 0.1) is 5.69 Å². The molecule has 22 heavy (non-hydrogen) atoms. The number of aromatic amines is 1. The van der Waals surface area contributed by atoms with E-state index >= 15 is 0 Å². The second kappa shape index (κ2) is 6.39. The maximum absolute atomic E-state index is 12.2. The van der Waals surface area contributed by atoms with E-state index in [0.29, 0.717) is 17.2 Å². The fourth-order valence-corrected chi connectivity index (χ4v) is 2.71. The lowest BCUT2D eigenvalue weighted by Crippen LogP contribution is -2.29. The summed E-state index contributed by atoms with van der Waals surface area (Å²) in [7, 11) is 0. The summed E-state index contributed by atoms with van der Waals surface area (Å²) in [6.07, 6.45) is 7.85. The van der Waals surface area contributed by atoms with Crippen LogP contribution in [0.5, 0.6) is 0 Å². The van der Waals surface area contributed by atoms with E-state index < -0.39 is 5.56 Å². The highest BCUT2D eigenvalue weighted by molar-refractivity contribution is 5.66. The van der Waals surface area contributed by atoms with Crippen LogP contribution in [0.2, 0.25) is 0 Å². The Labute approximate surface area is 128 Å². The third-order valence-corrected chi connectivity index (χ3v) is 3.86. The van der Waals surface area contributed by atoms with E-state index in [2.05, 4.69) is 19.9 Å². The van der Waals surface area contributed by atoms with Crippen molar-refractivity contribution in [2.45, 2.75) is 25.7 Å². The van der Waals surface area contributed by atoms with Gasteiger partial charge in [-0.05, 0) is 25.0 Å². The van der Waals surface area contributed by atoms with E-state index in [1.165, 1.54) is 12.8 Å². The molecule has 0 radical (unpaired) electrons. The molecule has 0 aromatic carbocycles. The first kappa shape index (κ1) is 14.3. The van der Waals surface area contributed by atoms with E-state index in [1.807, 2.05) is 12.1 Å². The van der Waals surface area contributed by atoms with E-state index in [1.54, 1.807) is 18.5 Å². The summed E-state index contributed by atoms with van der Waals surface area (Å²) in [5.41, 5.74) is 0.724. The Morgan fingerprint density at radius 2 is 2.00 bits per heavy atom. The van der Waals surface area contributed by atoms with Crippen molar-refractivity contribution in [1.29, 1.82) is 5.26 Å². The largest absolute Gasteiger partial charge is 0.342 e. The fraction of sp³-hybridized carbons (Fsp3) is 0.375. The van der Waals surface area contributed by atoms with Crippen LogP contribution >= 0.6 is 0 Å². The number of anilines is 1. The summed E-state index contributed by atoms with van der Waals surface area (Å²) >= 11 is 0. The molecule has 2 aromatic rings. The third-order valence-electron chi connectivity index (χ3n) is 3.86. The van der Waals surface area contributed by atoms with E-state index in [-0.39, 0.29) is 5.56 Å². The summed E-state index contributed by atoms with van der Waals surface area (Å²) in [5, 5.41) is 9.26. The Kier molecular flexibility index (Phi) is 4.15. The Bertz CT molecular complexity index is 739. The molecule has 1 saturated heterocycles. The number of nitrogens with one attached hydrogen (secondary N) is 1. The molecule has 2 aromatic heterocycles. The monoisotopic (exact) mass is 295 g/mol. The van der Waals surface area contributed by atoms with Crippen LogP contribution in [0.15, 0.2) is 29.3 Å². The van der Waals surface area contributed by atoms with Gasteiger partial charge in [0.25, 0.3) is 5.56 Å². The van der Waals surface area contributed by atoms with Crippen molar-refractivity contribution in [3.8, 4) is 17.3 Å². The number of nitrogens with zero attached hydrogens (tertiary/aromatic N) is 4. The quantitative estimate of drug-likeness (QED) is 0.916. The lowest BCUT2D eigenvalue weighted by molar-refractivity contribution is 0.726. The number of aromatic nitrogens is 3. The number of hydrogen-bond donors (Lipinski definition) is 1. The molecule has 1 aliphatic heterocycles. The van der Waals surface area contributed by atoms with Gasteiger partial charge < -0.3 is 4.90 Å². The minimum Gasteiger partial charge on any atom is -0.342 e. The SMILES string of the molecule is N#Cc1c(-c2cccnc2)nc(N2CCCCCC2)[nH]c1=O. The molecule has 6 nitrogen and oxygen atoms in total. The van der Waals surface area contributed by atoms with Gasteiger partial charge in [0.15, 0.2) is 0 Å². The number of rotatable bonds is 2. The van der Waals surface area contributed by atoms with Crippen molar-refractivity contribution in [2.75, 3.05) is 18.0 Å². The van der Waals surface area contributed by atoms with Crippen LogP contribution in [-0.4, -0.2) is 28.0 Å². The topological polar surface area (TPSA) is 85.7 Å². The van der Waals surface area contributed by atoms with Crippen LogP contribution in [0.1, 0.15) is 31.2 Å². The van der Waals surface area contributed by atoms with Crippen LogP contribution in [0.4, 0.5) is 5.95 Å². The normalized spacial score (nSPS) is 15.1. The molecule has 1 fully saturated rings. The van der Waals surface area contributed by atoms with Crippen LogP contribution in [0.3, 0.4) is 0 Å². The van der Waals surface area contributed by atoms with Crippen molar-refractivity contribution in [3.05, 3.63) is 40.4 Å². The molecule has 0 saturated carbocycles. The summed E-state index contributed by atoms with van der Waals surface area (Å²) in [4.78, 5) is 25.7. The molecule has 0 atom stereocenters. The van der Waals surface area contributed by atoms with Gasteiger partial charge in [0.2, 0.25) is 5.95 Å². The van der Waals surface area contributed by atoms with Crippen LogP contribution < -0.4 is 10.5 Å². The predicted octanol–water partition coefficient (Wildman–Crippen LogP) is 2.08. The number of nitriles is 1. The molecular weight excluding hydrogens is 278 g/mol. The van der Waals surface area contributed by atoms with Gasteiger partial charge in [-0.1, -0.05) is 12.8 Å². The molecule has 3 rings (SSSR count). The fourth-order valence-electron chi connectivity index (χ4n) is 2.71. The molecule has 1 aliphatic rings. The second-order valence-electron chi connectivity index (χ2n) is 5.37. The summed E-state index contributed by atoms with van der Waals surface area (Å²) < 4.78 is 0. The Morgan fingerprint density at radius 3 is 2.64 bits per heavy atom. The maximum Gasteiger partial charge on any atom is 0.270 e. The molecule has 0 aliphatic carbocycles. The minimum absolute atomic E-state index is 0.0339. The first-order chi connectivity index (χ1) is 10.8. The zero-order valence-corrected chi connectivity index (χ0v) is 12.2. The number of H-pyrrole nitrogens is 1. The van der Waals surface area contributed by atoms with Crippen LogP contribution in [-0.2, 0) is 0 Å². The predicted molar refractivity (Wildman–Crippen MR) is 83.5 cm³/mol. The first-order valence-corrected chi connectivity index (χ1v) is 7.49. The molecule has 1 N–H and O–H groups in total. The van der Waals surface area contributed by atoms with Gasteiger partial charge in [-0.25, -0.2) is 4.98 Å². The Hall–Kier alpha value is -2.68. The van der Waals surface area contributed by atoms with Gasteiger partial charge in [-0.2, -0.15) is 5.26 Å². The Morgan fingerprint density at radius 1 is 1.23 bits per heavy atom. The summed E-state index contributed by atoms with van der Waals surface area (Å²) in [5.74, 6) is 0.546. The standard InChI is InChI=1S/C16H17N5O/c17-10-13-14(12-6-5-7-18-11-12)19-16(20-15(13)22)21-8-3-1-2-4-9-21/h5-7,11H,1-4,8-9H2,(H,19,20,22). The average molecular weight is 295 g/mol.